The Kier molecular flexibility index (Phi) is 5.43. The Hall–Kier alpha value is -1.71. The van der Waals surface area contributed by atoms with E-state index in [1.165, 1.54) is 24.3 Å². The van der Waals surface area contributed by atoms with Crippen molar-refractivity contribution in [3.8, 4) is 0 Å². The van der Waals surface area contributed by atoms with Crippen molar-refractivity contribution in [1.82, 2.24) is 5.32 Å². The molecule has 0 amide bonds. The smallest absolute Gasteiger partial charge is 0.387 e. The molecule has 0 heterocycles. The lowest BCUT2D eigenvalue weighted by Crippen LogP contribution is -2.39. The Labute approximate surface area is 112 Å². The molecule has 2 unspecified atom stereocenters. The van der Waals surface area contributed by atoms with E-state index in [4.69, 9.17) is 5.11 Å². The lowest BCUT2D eigenvalue weighted by molar-refractivity contribution is -0.384. The standard InChI is InChI=1S/C11H13F3N2O4/c12-11(13,14)10(18)6-15-5-9(17)7-1-3-8(4-2-7)16(19)20/h1-4,9-10,15,17-18H,5-6H2. The number of aliphatic hydroxyl groups excluding tert-OH is 2. The van der Waals surface area contributed by atoms with Crippen LogP contribution >= 0.6 is 0 Å². The Balaban J connectivity index is 2.47. The number of nitro groups is 1. The van der Waals surface area contributed by atoms with E-state index in [0.717, 1.165) is 0 Å². The molecule has 0 bridgehead atoms. The quantitative estimate of drug-likeness (QED) is 0.540. The Morgan fingerprint density at radius 3 is 2.20 bits per heavy atom. The van der Waals surface area contributed by atoms with E-state index in [0.29, 0.717) is 5.56 Å². The maximum Gasteiger partial charge on any atom is 0.415 e. The fourth-order valence-electron chi connectivity index (χ4n) is 1.41. The topological polar surface area (TPSA) is 95.6 Å². The van der Waals surface area contributed by atoms with Crippen molar-refractivity contribution in [1.29, 1.82) is 0 Å². The molecule has 0 fully saturated rings. The lowest BCUT2D eigenvalue weighted by Gasteiger charge is -2.17. The second kappa shape index (κ2) is 6.64. The number of nitrogens with one attached hydrogen (secondary N) is 1. The molecular weight excluding hydrogens is 281 g/mol. The molecule has 9 heteroatoms. The molecule has 0 saturated heterocycles. The van der Waals surface area contributed by atoms with Gasteiger partial charge in [-0.3, -0.25) is 10.1 Å². The lowest BCUT2D eigenvalue weighted by atomic mass is 10.1. The molecule has 0 aliphatic rings. The van der Waals surface area contributed by atoms with Crippen molar-refractivity contribution in [3.05, 3.63) is 39.9 Å². The van der Waals surface area contributed by atoms with Gasteiger partial charge in [-0.05, 0) is 17.7 Å². The number of alkyl halides is 3. The van der Waals surface area contributed by atoms with Gasteiger partial charge >= 0.3 is 6.18 Å². The number of nitro benzene ring substituents is 1. The molecule has 0 radical (unpaired) electrons. The molecule has 0 spiro atoms. The van der Waals surface area contributed by atoms with Gasteiger partial charge in [0, 0.05) is 25.2 Å². The van der Waals surface area contributed by atoms with Gasteiger partial charge in [-0.1, -0.05) is 0 Å². The summed E-state index contributed by atoms with van der Waals surface area (Å²) in [6.45, 7) is -0.960. The number of benzene rings is 1. The van der Waals surface area contributed by atoms with Crippen LogP contribution in [0.5, 0.6) is 0 Å². The summed E-state index contributed by atoms with van der Waals surface area (Å²) in [5.74, 6) is 0. The number of nitrogens with zero attached hydrogens (tertiary/aromatic N) is 1. The van der Waals surface area contributed by atoms with Gasteiger partial charge in [-0.2, -0.15) is 13.2 Å². The number of aliphatic hydroxyl groups is 2. The van der Waals surface area contributed by atoms with Crippen molar-refractivity contribution in [2.75, 3.05) is 13.1 Å². The molecule has 0 aliphatic carbocycles. The summed E-state index contributed by atoms with van der Waals surface area (Å²) in [6, 6.07) is 4.99. The third-order valence-corrected chi connectivity index (χ3v) is 2.54. The monoisotopic (exact) mass is 294 g/mol. The Morgan fingerprint density at radius 1 is 1.20 bits per heavy atom. The molecular formula is C11H13F3N2O4. The van der Waals surface area contributed by atoms with Crippen LogP contribution < -0.4 is 5.32 Å². The maximum absolute atomic E-state index is 12.0. The zero-order valence-corrected chi connectivity index (χ0v) is 10.2. The molecule has 1 rings (SSSR count). The van der Waals surface area contributed by atoms with Gasteiger partial charge in [0.15, 0.2) is 6.10 Å². The number of non-ortho nitro benzene ring substituents is 1. The average molecular weight is 294 g/mol. The SMILES string of the molecule is O=[N+]([O-])c1ccc(C(O)CNCC(O)C(F)(F)F)cc1. The van der Waals surface area contributed by atoms with Crippen molar-refractivity contribution >= 4 is 5.69 Å². The van der Waals surface area contributed by atoms with Gasteiger partial charge < -0.3 is 15.5 Å². The maximum atomic E-state index is 12.0. The van der Waals surface area contributed by atoms with E-state index >= 15 is 0 Å². The first kappa shape index (κ1) is 16.3. The minimum Gasteiger partial charge on any atom is -0.387 e. The number of hydrogen-bond donors (Lipinski definition) is 3. The molecule has 1 aromatic carbocycles. The number of halogens is 3. The predicted molar refractivity (Wildman–Crippen MR) is 63.0 cm³/mol. The highest BCUT2D eigenvalue weighted by Gasteiger charge is 2.37. The van der Waals surface area contributed by atoms with Crippen LogP contribution in [0.4, 0.5) is 18.9 Å². The first-order valence-electron chi connectivity index (χ1n) is 5.59. The molecule has 3 N–H and O–H groups in total. The zero-order valence-electron chi connectivity index (χ0n) is 10.2. The molecule has 20 heavy (non-hydrogen) atoms. The predicted octanol–water partition coefficient (Wildman–Crippen LogP) is 1.14. The van der Waals surface area contributed by atoms with Crippen LogP contribution in [0.15, 0.2) is 24.3 Å². The second-order valence-corrected chi connectivity index (χ2v) is 4.08. The second-order valence-electron chi connectivity index (χ2n) is 4.08. The van der Waals surface area contributed by atoms with E-state index in [1.54, 1.807) is 0 Å². The van der Waals surface area contributed by atoms with Crippen LogP contribution in [-0.2, 0) is 0 Å². The number of hydrogen-bond acceptors (Lipinski definition) is 5. The highest BCUT2D eigenvalue weighted by molar-refractivity contribution is 5.33. The molecule has 0 saturated carbocycles. The van der Waals surface area contributed by atoms with Crippen LogP contribution in [0.25, 0.3) is 0 Å². The van der Waals surface area contributed by atoms with Crippen molar-refractivity contribution in [2.24, 2.45) is 0 Å². The van der Waals surface area contributed by atoms with Gasteiger partial charge in [0.2, 0.25) is 0 Å². The van der Waals surface area contributed by atoms with Crippen molar-refractivity contribution < 1.29 is 28.3 Å². The summed E-state index contributed by atoms with van der Waals surface area (Å²) in [4.78, 5) is 9.82. The van der Waals surface area contributed by atoms with E-state index in [9.17, 15) is 28.4 Å². The Bertz CT molecular complexity index is 450. The van der Waals surface area contributed by atoms with Gasteiger partial charge in [0.25, 0.3) is 5.69 Å². The summed E-state index contributed by atoms with van der Waals surface area (Å²) in [5, 5.41) is 31.1. The van der Waals surface area contributed by atoms with Crippen LogP contribution in [0.1, 0.15) is 11.7 Å². The largest absolute Gasteiger partial charge is 0.415 e. The summed E-state index contributed by atoms with van der Waals surface area (Å²) in [7, 11) is 0. The summed E-state index contributed by atoms with van der Waals surface area (Å²) in [6.07, 6.45) is -8.35. The highest BCUT2D eigenvalue weighted by atomic mass is 19.4. The van der Waals surface area contributed by atoms with Gasteiger partial charge in [-0.25, -0.2) is 0 Å². The minimum atomic E-state index is -4.72. The number of rotatable bonds is 6. The fourth-order valence-corrected chi connectivity index (χ4v) is 1.41. The van der Waals surface area contributed by atoms with E-state index in [1.807, 2.05) is 0 Å². The van der Waals surface area contributed by atoms with Crippen LogP contribution in [0.2, 0.25) is 0 Å². The summed E-state index contributed by atoms with van der Waals surface area (Å²) >= 11 is 0. The summed E-state index contributed by atoms with van der Waals surface area (Å²) < 4.78 is 36.0. The summed E-state index contributed by atoms with van der Waals surface area (Å²) in [5.41, 5.74) is 0.172. The molecule has 0 aliphatic heterocycles. The van der Waals surface area contributed by atoms with Crippen LogP contribution in [0.3, 0.4) is 0 Å². The third-order valence-electron chi connectivity index (χ3n) is 2.54. The first-order chi connectivity index (χ1) is 9.21. The minimum absolute atomic E-state index is 0.151. The third kappa shape index (κ3) is 4.76. The van der Waals surface area contributed by atoms with Gasteiger partial charge in [0.1, 0.15) is 0 Å². The average Bonchev–Trinajstić information content (AvgIpc) is 2.37. The fraction of sp³-hybridized carbons (Fsp3) is 0.455. The molecule has 1 aromatic rings. The van der Waals surface area contributed by atoms with E-state index in [2.05, 4.69) is 5.32 Å². The molecule has 2 atom stereocenters. The van der Waals surface area contributed by atoms with Gasteiger partial charge in [0.05, 0.1) is 11.0 Å². The van der Waals surface area contributed by atoms with Gasteiger partial charge in [-0.15, -0.1) is 0 Å². The molecule has 6 nitrogen and oxygen atoms in total. The van der Waals surface area contributed by atoms with Crippen molar-refractivity contribution in [2.45, 2.75) is 18.4 Å². The molecule has 112 valence electrons. The molecule has 0 aromatic heterocycles. The Morgan fingerprint density at radius 2 is 1.75 bits per heavy atom. The normalized spacial score (nSPS) is 14.8. The highest BCUT2D eigenvalue weighted by Crippen LogP contribution is 2.20. The van der Waals surface area contributed by atoms with E-state index in [-0.39, 0.29) is 12.2 Å². The van der Waals surface area contributed by atoms with Crippen LogP contribution in [-0.4, -0.2) is 40.5 Å². The van der Waals surface area contributed by atoms with Crippen LogP contribution in [0, 0.1) is 10.1 Å². The zero-order chi connectivity index (χ0) is 15.3. The van der Waals surface area contributed by atoms with Crippen molar-refractivity contribution in [3.63, 3.8) is 0 Å². The van der Waals surface area contributed by atoms with E-state index < -0.39 is 29.9 Å². The first-order valence-corrected chi connectivity index (χ1v) is 5.59.